The standard InChI is InChI=1S/C25H32N6O5/c1-6-7-8-17(19(32)21(33)28-18-13-14-26-29-18)27-24(34)35-20(25(3,4)5)23-31-30-22(36-23)16-11-9-15(2)10-12-16/h9-14,17,20H,6-8H2,1-5H3,(H,27,34)(H2,26,28,29,33)/t17-,20-/m0/s1. The molecule has 192 valence electrons. The van der Waals surface area contributed by atoms with Gasteiger partial charge in [-0.05, 0) is 25.5 Å². The van der Waals surface area contributed by atoms with Crippen LogP contribution in [0.15, 0.2) is 40.9 Å². The van der Waals surface area contributed by atoms with E-state index in [1.165, 1.54) is 12.3 Å². The van der Waals surface area contributed by atoms with Crippen molar-refractivity contribution in [3.8, 4) is 11.5 Å². The number of hydrogen-bond donors (Lipinski definition) is 3. The Morgan fingerprint density at radius 1 is 1.11 bits per heavy atom. The maximum Gasteiger partial charge on any atom is 0.408 e. The first-order chi connectivity index (χ1) is 17.1. The van der Waals surface area contributed by atoms with Crippen molar-refractivity contribution in [2.75, 3.05) is 5.32 Å². The molecule has 0 saturated carbocycles. The number of aryl methyl sites for hydroxylation is 1. The molecule has 2 heterocycles. The summed E-state index contributed by atoms with van der Waals surface area (Å²) < 4.78 is 11.5. The Morgan fingerprint density at radius 3 is 2.44 bits per heavy atom. The molecule has 0 unspecified atom stereocenters. The molecule has 0 aliphatic rings. The minimum Gasteiger partial charge on any atom is -0.436 e. The molecule has 2 atom stereocenters. The summed E-state index contributed by atoms with van der Waals surface area (Å²) in [5.41, 5.74) is 1.23. The maximum atomic E-state index is 12.9. The average molecular weight is 497 g/mol. The van der Waals surface area contributed by atoms with Crippen LogP contribution in [0.1, 0.15) is 64.5 Å². The maximum absolute atomic E-state index is 12.9. The van der Waals surface area contributed by atoms with Gasteiger partial charge in [0.15, 0.2) is 6.10 Å². The fourth-order valence-corrected chi connectivity index (χ4v) is 3.38. The normalized spacial score (nSPS) is 13.0. The van der Waals surface area contributed by atoms with Gasteiger partial charge in [0, 0.05) is 17.0 Å². The molecule has 0 aliphatic carbocycles. The second-order valence-corrected chi connectivity index (χ2v) is 9.59. The third-order valence-electron chi connectivity index (χ3n) is 5.40. The quantitative estimate of drug-likeness (QED) is 0.350. The Balaban J connectivity index is 1.73. The third-order valence-corrected chi connectivity index (χ3v) is 5.40. The van der Waals surface area contributed by atoms with E-state index in [0.29, 0.717) is 12.3 Å². The van der Waals surface area contributed by atoms with Crippen molar-refractivity contribution in [1.82, 2.24) is 25.7 Å². The molecule has 2 amide bonds. The highest BCUT2D eigenvalue weighted by molar-refractivity contribution is 6.42. The molecule has 11 heteroatoms. The van der Waals surface area contributed by atoms with Crippen molar-refractivity contribution in [1.29, 1.82) is 0 Å². The number of amides is 2. The zero-order chi connectivity index (χ0) is 26.3. The van der Waals surface area contributed by atoms with Crippen molar-refractivity contribution in [2.24, 2.45) is 5.41 Å². The summed E-state index contributed by atoms with van der Waals surface area (Å²) in [5, 5.41) is 19.5. The molecule has 36 heavy (non-hydrogen) atoms. The highest BCUT2D eigenvalue weighted by Gasteiger charge is 2.36. The second kappa shape index (κ2) is 11.6. The first kappa shape index (κ1) is 26.6. The Kier molecular flexibility index (Phi) is 8.57. The number of ketones is 1. The molecule has 11 nitrogen and oxygen atoms in total. The molecular formula is C25H32N6O5. The summed E-state index contributed by atoms with van der Waals surface area (Å²) in [6.45, 7) is 9.50. The molecule has 1 aromatic carbocycles. The topological polar surface area (TPSA) is 152 Å². The zero-order valence-electron chi connectivity index (χ0n) is 21.1. The van der Waals surface area contributed by atoms with E-state index < -0.39 is 35.3 Å². The zero-order valence-corrected chi connectivity index (χ0v) is 21.1. The molecule has 3 N–H and O–H groups in total. The van der Waals surface area contributed by atoms with Crippen molar-refractivity contribution in [3.63, 3.8) is 0 Å². The highest BCUT2D eigenvalue weighted by Crippen LogP contribution is 2.36. The molecule has 0 radical (unpaired) electrons. The molecule has 0 spiro atoms. The van der Waals surface area contributed by atoms with Gasteiger partial charge in [0.25, 0.3) is 11.8 Å². The van der Waals surface area contributed by atoms with Gasteiger partial charge in [0.05, 0.1) is 6.20 Å². The summed E-state index contributed by atoms with van der Waals surface area (Å²) >= 11 is 0. The number of Topliss-reactive ketones (excluding diaryl/α,β-unsaturated/α-hetero) is 1. The van der Waals surface area contributed by atoms with Crippen LogP contribution in [0.25, 0.3) is 11.5 Å². The van der Waals surface area contributed by atoms with E-state index in [-0.39, 0.29) is 18.1 Å². The van der Waals surface area contributed by atoms with Crippen molar-refractivity contribution in [3.05, 3.63) is 48.0 Å². The number of carbonyl (C=O) groups excluding carboxylic acids is 3. The summed E-state index contributed by atoms with van der Waals surface area (Å²) in [5.74, 6) is -0.954. The number of aromatic amines is 1. The number of H-pyrrole nitrogens is 1. The highest BCUT2D eigenvalue weighted by atomic mass is 16.6. The van der Waals surface area contributed by atoms with Crippen LogP contribution in [-0.4, -0.2) is 44.2 Å². The molecule has 3 rings (SSSR count). The van der Waals surface area contributed by atoms with E-state index >= 15 is 0 Å². The SMILES string of the molecule is CCCC[C@H](NC(=O)O[C@@H](c1nnc(-c2ccc(C)cc2)o1)C(C)(C)C)C(=O)C(=O)Nc1ccn[nH]1. The number of hydrogen-bond acceptors (Lipinski definition) is 8. The number of alkyl carbamates (subject to hydrolysis) is 1. The molecule has 0 fully saturated rings. The van der Waals surface area contributed by atoms with Crippen LogP contribution in [0.3, 0.4) is 0 Å². The third kappa shape index (κ3) is 7.00. The fraction of sp³-hybridized carbons (Fsp3) is 0.440. The van der Waals surface area contributed by atoms with Crippen LogP contribution in [0, 0.1) is 12.3 Å². The van der Waals surface area contributed by atoms with Gasteiger partial charge in [-0.2, -0.15) is 5.10 Å². The molecule has 0 saturated heterocycles. The number of carbonyl (C=O) groups is 3. The molecule has 0 bridgehead atoms. The summed E-state index contributed by atoms with van der Waals surface area (Å²) in [4.78, 5) is 38.1. The minimum atomic E-state index is -1.06. The number of nitrogens with zero attached hydrogens (tertiary/aromatic N) is 3. The molecule has 2 aromatic heterocycles. The smallest absolute Gasteiger partial charge is 0.408 e. The number of nitrogens with one attached hydrogen (secondary N) is 3. The predicted octanol–water partition coefficient (Wildman–Crippen LogP) is 4.35. The monoisotopic (exact) mass is 496 g/mol. The lowest BCUT2D eigenvalue weighted by atomic mass is 9.89. The van der Waals surface area contributed by atoms with Gasteiger partial charge < -0.3 is 19.8 Å². The fourth-order valence-electron chi connectivity index (χ4n) is 3.38. The Morgan fingerprint density at radius 2 is 1.83 bits per heavy atom. The number of ether oxygens (including phenoxy) is 1. The van der Waals surface area contributed by atoms with Gasteiger partial charge in [-0.25, -0.2) is 4.79 Å². The van der Waals surface area contributed by atoms with Gasteiger partial charge in [-0.1, -0.05) is 58.2 Å². The lowest BCUT2D eigenvalue weighted by Gasteiger charge is -2.28. The lowest BCUT2D eigenvalue weighted by Crippen LogP contribution is -2.46. The summed E-state index contributed by atoms with van der Waals surface area (Å²) in [6.07, 6.45) is 1.36. The van der Waals surface area contributed by atoms with Crippen LogP contribution in [0.4, 0.5) is 10.6 Å². The number of benzene rings is 1. The summed E-state index contributed by atoms with van der Waals surface area (Å²) in [6, 6.07) is 8.04. The van der Waals surface area contributed by atoms with E-state index in [0.717, 1.165) is 17.5 Å². The van der Waals surface area contributed by atoms with Gasteiger partial charge in [-0.3, -0.25) is 14.7 Å². The minimum absolute atomic E-state index is 0.127. The summed E-state index contributed by atoms with van der Waals surface area (Å²) in [7, 11) is 0. The predicted molar refractivity (Wildman–Crippen MR) is 132 cm³/mol. The molecular weight excluding hydrogens is 464 g/mol. The average Bonchev–Trinajstić information content (AvgIpc) is 3.52. The Hall–Kier alpha value is -4.02. The van der Waals surface area contributed by atoms with E-state index in [1.807, 2.05) is 58.9 Å². The van der Waals surface area contributed by atoms with Crippen molar-refractivity contribution in [2.45, 2.75) is 66.0 Å². The van der Waals surface area contributed by atoms with Crippen molar-refractivity contribution >= 4 is 23.6 Å². The Bertz CT molecular complexity index is 1160. The van der Waals surface area contributed by atoms with E-state index in [4.69, 9.17) is 9.15 Å². The van der Waals surface area contributed by atoms with Crippen LogP contribution in [0.2, 0.25) is 0 Å². The van der Waals surface area contributed by atoms with Crippen LogP contribution in [-0.2, 0) is 14.3 Å². The lowest BCUT2D eigenvalue weighted by molar-refractivity contribution is -0.136. The van der Waals surface area contributed by atoms with E-state index in [1.54, 1.807) is 0 Å². The van der Waals surface area contributed by atoms with Crippen LogP contribution in [0.5, 0.6) is 0 Å². The van der Waals surface area contributed by atoms with Crippen LogP contribution >= 0.6 is 0 Å². The van der Waals surface area contributed by atoms with Gasteiger partial charge in [0.2, 0.25) is 11.7 Å². The van der Waals surface area contributed by atoms with Crippen LogP contribution < -0.4 is 10.6 Å². The second-order valence-electron chi connectivity index (χ2n) is 9.59. The Labute approximate surface area is 209 Å². The number of anilines is 1. The largest absolute Gasteiger partial charge is 0.436 e. The van der Waals surface area contributed by atoms with E-state index in [9.17, 15) is 14.4 Å². The molecule has 0 aliphatic heterocycles. The van der Waals surface area contributed by atoms with Gasteiger partial charge in [0.1, 0.15) is 11.9 Å². The number of rotatable bonds is 10. The number of aromatic nitrogens is 4. The first-order valence-electron chi connectivity index (χ1n) is 11.8. The van der Waals surface area contributed by atoms with Gasteiger partial charge in [-0.15, -0.1) is 10.2 Å². The number of unbranched alkanes of at least 4 members (excludes halogenated alkanes) is 1. The van der Waals surface area contributed by atoms with E-state index in [2.05, 4.69) is 31.0 Å². The first-order valence-corrected chi connectivity index (χ1v) is 11.8. The van der Waals surface area contributed by atoms with Gasteiger partial charge >= 0.3 is 6.09 Å². The molecule has 3 aromatic rings. The van der Waals surface area contributed by atoms with Crippen molar-refractivity contribution < 1.29 is 23.5 Å².